The fourth-order valence-corrected chi connectivity index (χ4v) is 3.02. The third-order valence-electron chi connectivity index (χ3n) is 4.59. The number of aromatic nitrogens is 2. The van der Waals surface area contributed by atoms with Crippen LogP contribution in [0.15, 0.2) is 30.3 Å². The quantitative estimate of drug-likeness (QED) is 0.618. The minimum atomic E-state index is 0.00708. The summed E-state index contributed by atoms with van der Waals surface area (Å²) in [5.74, 6) is 1.90. The zero-order chi connectivity index (χ0) is 23.9. The van der Waals surface area contributed by atoms with Gasteiger partial charge in [-0.25, -0.2) is 9.97 Å². The van der Waals surface area contributed by atoms with E-state index in [1.54, 1.807) is 0 Å². The molecule has 0 saturated carbocycles. The molecule has 6 nitrogen and oxygen atoms in total. The van der Waals surface area contributed by atoms with Gasteiger partial charge in [-0.1, -0.05) is 48.5 Å². The molecule has 1 amide bonds. The lowest BCUT2D eigenvalue weighted by atomic mass is 9.91. The van der Waals surface area contributed by atoms with Crippen LogP contribution in [0, 0.1) is 0 Å². The first kappa shape index (κ1) is 28.4. The SMILES string of the molecule is CC.CC.CNc1ccc(-c2nc(N3CCCCC3)cc(C(C)(C)C)n2)cc1.NC=O. The van der Waals surface area contributed by atoms with Crippen LogP contribution in [0.3, 0.4) is 0 Å². The molecule has 1 saturated heterocycles. The maximum Gasteiger partial charge on any atom is 0.204 e. The van der Waals surface area contributed by atoms with E-state index in [-0.39, 0.29) is 11.8 Å². The molecule has 0 unspecified atom stereocenters. The van der Waals surface area contributed by atoms with Crippen molar-refractivity contribution in [2.45, 2.75) is 73.1 Å². The molecule has 3 N–H and O–H groups in total. The van der Waals surface area contributed by atoms with Gasteiger partial charge in [-0.15, -0.1) is 0 Å². The van der Waals surface area contributed by atoms with Gasteiger partial charge >= 0.3 is 0 Å². The van der Waals surface area contributed by atoms with Crippen LogP contribution in [0.25, 0.3) is 11.4 Å². The van der Waals surface area contributed by atoms with Crippen LogP contribution in [-0.2, 0) is 10.2 Å². The second kappa shape index (κ2) is 15.2. The number of nitrogens with one attached hydrogen (secondary N) is 1. The molecular weight excluding hydrogens is 386 g/mol. The molecule has 2 aromatic rings. The van der Waals surface area contributed by atoms with Crippen LogP contribution in [0.1, 0.15) is 73.4 Å². The molecule has 1 aromatic carbocycles. The minimum Gasteiger partial charge on any atom is -0.388 e. The number of amides is 1. The Kier molecular flexibility index (Phi) is 13.9. The molecule has 2 heterocycles. The molecule has 3 rings (SSSR count). The highest BCUT2D eigenvalue weighted by Crippen LogP contribution is 2.29. The van der Waals surface area contributed by atoms with E-state index in [0.29, 0.717) is 0 Å². The Bertz CT molecular complexity index is 733. The summed E-state index contributed by atoms with van der Waals surface area (Å²) >= 11 is 0. The van der Waals surface area contributed by atoms with Crippen molar-refractivity contribution in [1.82, 2.24) is 9.97 Å². The first-order valence-corrected chi connectivity index (χ1v) is 11.5. The monoisotopic (exact) mass is 429 g/mol. The third kappa shape index (κ3) is 9.37. The number of anilines is 2. The zero-order valence-corrected chi connectivity index (χ0v) is 20.8. The van der Waals surface area contributed by atoms with Crippen molar-refractivity contribution in [3.8, 4) is 11.4 Å². The van der Waals surface area contributed by atoms with Gasteiger partial charge in [-0.2, -0.15) is 0 Å². The minimum absolute atomic E-state index is 0.00708. The van der Waals surface area contributed by atoms with E-state index < -0.39 is 0 Å². The summed E-state index contributed by atoms with van der Waals surface area (Å²) < 4.78 is 0. The van der Waals surface area contributed by atoms with Crippen molar-refractivity contribution in [2.75, 3.05) is 30.4 Å². The molecule has 1 fully saturated rings. The van der Waals surface area contributed by atoms with E-state index in [9.17, 15) is 0 Å². The van der Waals surface area contributed by atoms with Gasteiger partial charge in [0.1, 0.15) is 5.82 Å². The Balaban J connectivity index is 0.00000116. The number of hydrogen-bond donors (Lipinski definition) is 2. The molecule has 31 heavy (non-hydrogen) atoms. The number of nitrogens with zero attached hydrogens (tertiary/aromatic N) is 3. The van der Waals surface area contributed by atoms with Crippen molar-refractivity contribution < 1.29 is 4.79 Å². The Morgan fingerprint density at radius 2 is 1.48 bits per heavy atom. The van der Waals surface area contributed by atoms with Crippen LogP contribution in [0.2, 0.25) is 0 Å². The summed E-state index contributed by atoms with van der Waals surface area (Å²) in [6.07, 6.45) is 4.08. The Morgan fingerprint density at radius 3 is 1.94 bits per heavy atom. The van der Waals surface area contributed by atoms with Crippen LogP contribution < -0.4 is 16.0 Å². The van der Waals surface area contributed by atoms with E-state index >= 15 is 0 Å². The maximum absolute atomic E-state index is 8.58. The average Bonchev–Trinajstić information content (AvgIpc) is 2.82. The molecule has 0 aliphatic carbocycles. The summed E-state index contributed by atoms with van der Waals surface area (Å²) in [5.41, 5.74) is 7.44. The average molecular weight is 430 g/mol. The van der Waals surface area contributed by atoms with Gasteiger partial charge < -0.3 is 16.0 Å². The number of benzene rings is 1. The van der Waals surface area contributed by atoms with Gasteiger partial charge in [0.2, 0.25) is 6.41 Å². The van der Waals surface area contributed by atoms with Gasteiger partial charge in [-0.3, -0.25) is 4.79 Å². The first-order chi connectivity index (χ1) is 14.9. The van der Waals surface area contributed by atoms with Crippen molar-refractivity contribution >= 4 is 17.9 Å². The normalized spacial score (nSPS) is 12.7. The van der Waals surface area contributed by atoms with Crippen molar-refractivity contribution in [2.24, 2.45) is 5.73 Å². The fourth-order valence-electron chi connectivity index (χ4n) is 3.02. The van der Waals surface area contributed by atoms with Crippen molar-refractivity contribution in [1.29, 1.82) is 0 Å². The maximum atomic E-state index is 8.58. The highest BCUT2D eigenvalue weighted by atomic mass is 16.1. The third-order valence-corrected chi connectivity index (χ3v) is 4.59. The standard InChI is InChI=1S/C20H28N4.2C2H6.CH3NO/c1-20(2,3)17-14-18(24-12-6-5-7-13-24)23-19(22-17)15-8-10-16(21-4)11-9-15;2*1-2;2-1-3/h8-11,14,21H,5-7,12-13H2,1-4H3;2*1-2H3;1H,(H2,2,3). The molecule has 6 heteroatoms. The van der Waals surface area contributed by atoms with Crippen LogP contribution in [0.4, 0.5) is 11.5 Å². The lowest BCUT2D eigenvalue weighted by molar-refractivity contribution is -0.106. The Hall–Kier alpha value is -2.63. The molecular formula is C25H43N5O. The lowest BCUT2D eigenvalue weighted by Crippen LogP contribution is -2.31. The van der Waals surface area contributed by atoms with Crippen LogP contribution in [-0.4, -0.2) is 36.5 Å². The van der Waals surface area contributed by atoms with E-state index in [0.717, 1.165) is 41.7 Å². The second-order valence-electron chi connectivity index (χ2n) is 7.70. The van der Waals surface area contributed by atoms with E-state index in [1.165, 1.54) is 19.3 Å². The molecule has 0 spiro atoms. The molecule has 0 radical (unpaired) electrons. The molecule has 1 aliphatic rings. The van der Waals surface area contributed by atoms with E-state index in [2.05, 4.69) is 67.1 Å². The number of primary amides is 1. The number of piperidine rings is 1. The molecule has 1 aromatic heterocycles. The summed E-state index contributed by atoms with van der Waals surface area (Å²) in [4.78, 5) is 20.7. The summed E-state index contributed by atoms with van der Waals surface area (Å²) in [6, 6.07) is 10.5. The van der Waals surface area contributed by atoms with Crippen LogP contribution in [0.5, 0.6) is 0 Å². The topological polar surface area (TPSA) is 84.1 Å². The molecule has 0 bridgehead atoms. The molecule has 1 aliphatic heterocycles. The second-order valence-corrected chi connectivity index (χ2v) is 7.70. The van der Waals surface area contributed by atoms with Crippen molar-refractivity contribution in [3.63, 3.8) is 0 Å². The highest BCUT2D eigenvalue weighted by molar-refractivity contribution is 5.62. The predicted octanol–water partition coefficient (Wildman–Crippen LogP) is 5.63. The smallest absolute Gasteiger partial charge is 0.204 e. The van der Waals surface area contributed by atoms with Gasteiger partial charge in [0.15, 0.2) is 5.82 Å². The molecule has 0 atom stereocenters. The number of rotatable bonds is 3. The number of nitrogens with two attached hydrogens (primary N) is 1. The first-order valence-electron chi connectivity index (χ1n) is 11.5. The summed E-state index contributed by atoms with van der Waals surface area (Å²) in [5, 5.41) is 3.16. The van der Waals surface area contributed by atoms with E-state index in [4.69, 9.17) is 14.8 Å². The zero-order valence-electron chi connectivity index (χ0n) is 20.8. The summed E-state index contributed by atoms with van der Waals surface area (Å²) in [7, 11) is 1.93. The Labute approximate surface area is 189 Å². The Morgan fingerprint density at radius 1 is 0.968 bits per heavy atom. The highest BCUT2D eigenvalue weighted by Gasteiger charge is 2.21. The lowest BCUT2D eigenvalue weighted by Gasteiger charge is -2.29. The van der Waals surface area contributed by atoms with Gasteiger partial charge in [0, 0.05) is 42.9 Å². The van der Waals surface area contributed by atoms with Crippen LogP contribution >= 0.6 is 0 Å². The number of hydrogen-bond acceptors (Lipinski definition) is 5. The fraction of sp³-hybridized carbons (Fsp3) is 0.560. The van der Waals surface area contributed by atoms with Gasteiger partial charge in [-0.05, 0) is 43.5 Å². The molecule has 174 valence electrons. The summed E-state index contributed by atoms with van der Waals surface area (Å²) in [6.45, 7) is 16.8. The van der Waals surface area contributed by atoms with Gasteiger partial charge in [0.05, 0.1) is 5.69 Å². The number of carbonyl (C=O) groups is 1. The van der Waals surface area contributed by atoms with Crippen molar-refractivity contribution in [3.05, 3.63) is 36.0 Å². The predicted molar refractivity (Wildman–Crippen MR) is 135 cm³/mol. The van der Waals surface area contributed by atoms with Gasteiger partial charge in [0.25, 0.3) is 0 Å². The number of carbonyl (C=O) groups excluding carboxylic acids is 1. The van der Waals surface area contributed by atoms with E-state index in [1.807, 2.05) is 34.7 Å². The largest absolute Gasteiger partial charge is 0.388 e.